The Morgan fingerprint density at radius 2 is 1.86 bits per heavy atom. The Morgan fingerprint density at radius 1 is 1.23 bits per heavy atom. The molecule has 0 saturated carbocycles. The van der Waals surface area contributed by atoms with E-state index in [0.717, 1.165) is 26.3 Å². The first kappa shape index (κ1) is 19.0. The molecule has 0 aliphatic carbocycles. The van der Waals surface area contributed by atoms with E-state index in [9.17, 15) is 13.2 Å². The second-order valence-electron chi connectivity index (χ2n) is 5.70. The molecule has 1 rings (SSSR count). The summed E-state index contributed by atoms with van der Waals surface area (Å²) in [5, 5.41) is 5.82. The van der Waals surface area contributed by atoms with Crippen LogP contribution in [-0.2, 0) is 4.74 Å². The predicted molar refractivity (Wildman–Crippen MR) is 81.1 cm³/mol. The van der Waals surface area contributed by atoms with Gasteiger partial charge in [-0.1, -0.05) is 13.8 Å². The first-order valence-corrected chi connectivity index (χ1v) is 7.66. The molecule has 0 spiro atoms. The van der Waals surface area contributed by atoms with Gasteiger partial charge in [0.2, 0.25) is 0 Å². The maximum atomic E-state index is 12.2. The van der Waals surface area contributed by atoms with E-state index in [0.29, 0.717) is 24.5 Å². The summed E-state index contributed by atoms with van der Waals surface area (Å²) in [7, 11) is 1.56. The maximum Gasteiger partial charge on any atom is 0.390 e. The van der Waals surface area contributed by atoms with E-state index in [-0.39, 0.29) is 6.54 Å². The zero-order chi connectivity index (χ0) is 16.6. The van der Waals surface area contributed by atoms with Gasteiger partial charge in [0.15, 0.2) is 5.96 Å². The van der Waals surface area contributed by atoms with E-state index in [2.05, 4.69) is 34.4 Å². The average Bonchev–Trinajstić information content (AvgIpc) is 2.45. The third kappa shape index (κ3) is 7.31. The topological polar surface area (TPSA) is 48.9 Å². The highest BCUT2D eigenvalue weighted by Crippen LogP contribution is 2.18. The van der Waals surface area contributed by atoms with E-state index >= 15 is 0 Å². The van der Waals surface area contributed by atoms with Crippen LogP contribution in [0.4, 0.5) is 13.2 Å². The quantitative estimate of drug-likeness (QED) is 0.574. The van der Waals surface area contributed by atoms with E-state index in [1.54, 1.807) is 7.05 Å². The summed E-state index contributed by atoms with van der Waals surface area (Å²) in [6.07, 6.45) is -5.02. The van der Waals surface area contributed by atoms with Crippen molar-refractivity contribution < 1.29 is 17.9 Å². The first-order chi connectivity index (χ1) is 10.3. The molecular weight excluding hydrogens is 297 g/mol. The standard InChI is InChI=1S/C14H27F3N4O/c1-11(2)12(21-6-8-22-9-7-21)10-20-13(18-3)19-5-4-14(15,16)17/h11-12H,4-10H2,1-3H3,(H2,18,19,20). The number of ether oxygens (including phenoxy) is 1. The molecule has 2 N–H and O–H groups in total. The molecule has 0 aromatic rings. The highest BCUT2D eigenvalue weighted by atomic mass is 19.4. The van der Waals surface area contributed by atoms with Crippen LogP contribution in [-0.4, -0.2) is 69.5 Å². The average molecular weight is 324 g/mol. The molecule has 22 heavy (non-hydrogen) atoms. The molecule has 0 amide bonds. The molecule has 1 fully saturated rings. The Morgan fingerprint density at radius 3 is 2.36 bits per heavy atom. The smallest absolute Gasteiger partial charge is 0.379 e. The minimum atomic E-state index is -4.15. The number of halogens is 3. The molecule has 0 aromatic heterocycles. The van der Waals surface area contributed by atoms with Crippen molar-refractivity contribution in [3.05, 3.63) is 0 Å². The van der Waals surface area contributed by atoms with Crippen molar-refractivity contribution >= 4 is 5.96 Å². The number of alkyl halides is 3. The lowest BCUT2D eigenvalue weighted by atomic mass is 10.0. The van der Waals surface area contributed by atoms with Crippen LogP contribution < -0.4 is 10.6 Å². The highest BCUT2D eigenvalue weighted by Gasteiger charge is 2.27. The number of nitrogens with one attached hydrogen (secondary N) is 2. The monoisotopic (exact) mass is 324 g/mol. The first-order valence-electron chi connectivity index (χ1n) is 7.66. The van der Waals surface area contributed by atoms with Gasteiger partial charge in [0.25, 0.3) is 0 Å². The number of nitrogens with zero attached hydrogens (tertiary/aromatic N) is 2. The van der Waals surface area contributed by atoms with Crippen LogP contribution in [0.25, 0.3) is 0 Å². The normalized spacial score (nSPS) is 19.3. The Labute approximate surface area is 130 Å². The fourth-order valence-corrected chi connectivity index (χ4v) is 2.44. The van der Waals surface area contributed by atoms with Gasteiger partial charge in [-0.05, 0) is 5.92 Å². The molecule has 1 unspecified atom stereocenters. The minimum Gasteiger partial charge on any atom is -0.379 e. The number of morpholine rings is 1. The molecule has 1 saturated heterocycles. The lowest BCUT2D eigenvalue weighted by Crippen LogP contribution is -2.52. The predicted octanol–water partition coefficient (Wildman–Crippen LogP) is 1.46. The summed E-state index contributed by atoms with van der Waals surface area (Å²) >= 11 is 0. The van der Waals surface area contributed by atoms with Crippen LogP contribution in [0.1, 0.15) is 20.3 Å². The van der Waals surface area contributed by atoms with Crippen molar-refractivity contribution in [3.8, 4) is 0 Å². The van der Waals surface area contributed by atoms with Crippen molar-refractivity contribution in [2.45, 2.75) is 32.5 Å². The SMILES string of the molecule is CN=C(NCCC(F)(F)F)NCC(C(C)C)N1CCOCC1. The van der Waals surface area contributed by atoms with Crippen LogP contribution in [0.15, 0.2) is 4.99 Å². The Kier molecular flexibility index (Phi) is 7.95. The van der Waals surface area contributed by atoms with E-state index in [1.807, 2.05) is 0 Å². The van der Waals surface area contributed by atoms with Gasteiger partial charge < -0.3 is 15.4 Å². The van der Waals surface area contributed by atoms with Gasteiger partial charge in [0, 0.05) is 39.3 Å². The largest absolute Gasteiger partial charge is 0.390 e. The number of rotatable bonds is 6. The molecule has 1 aliphatic heterocycles. The summed E-state index contributed by atoms with van der Waals surface area (Å²) in [6.45, 7) is 7.96. The molecule has 0 aromatic carbocycles. The lowest BCUT2D eigenvalue weighted by Gasteiger charge is -2.37. The Hall–Kier alpha value is -1.02. The zero-order valence-electron chi connectivity index (χ0n) is 13.5. The van der Waals surface area contributed by atoms with Crippen LogP contribution in [0.3, 0.4) is 0 Å². The fourth-order valence-electron chi connectivity index (χ4n) is 2.44. The zero-order valence-corrected chi connectivity index (χ0v) is 13.5. The van der Waals surface area contributed by atoms with Gasteiger partial charge in [0.05, 0.1) is 19.6 Å². The van der Waals surface area contributed by atoms with Crippen molar-refractivity contribution in [2.75, 3.05) is 46.4 Å². The molecular formula is C14H27F3N4O. The van der Waals surface area contributed by atoms with Crippen LogP contribution in [0, 0.1) is 5.92 Å². The third-order valence-electron chi connectivity index (χ3n) is 3.69. The van der Waals surface area contributed by atoms with Gasteiger partial charge in [0.1, 0.15) is 0 Å². The molecule has 1 aliphatic rings. The summed E-state index contributed by atoms with van der Waals surface area (Å²) in [5.41, 5.74) is 0. The Bertz CT molecular complexity index is 341. The summed E-state index contributed by atoms with van der Waals surface area (Å²) in [5.74, 6) is 0.835. The number of hydrogen-bond donors (Lipinski definition) is 2. The van der Waals surface area contributed by atoms with Gasteiger partial charge >= 0.3 is 6.18 Å². The Balaban J connectivity index is 2.41. The number of hydrogen-bond acceptors (Lipinski definition) is 3. The third-order valence-corrected chi connectivity index (χ3v) is 3.69. The van der Waals surface area contributed by atoms with Gasteiger partial charge in [-0.15, -0.1) is 0 Å². The van der Waals surface area contributed by atoms with Crippen molar-refractivity contribution in [1.29, 1.82) is 0 Å². The van der Waals surface area contributed by atoms with E-state index < -0.39 is 12.6 Å². The van der Waals surface area contributed by atoms with Crippen LogP contribution >= 0.6 is 0 Å². The molecule has 130 valence electrons. The second kappa shape index (κ2) is 9.19. The van der Waals surface area contributed by atoms with Gasteiger partial charge in [-0.2, -0.15) is 13.2 Å². The molecule has 0 bridgehead atoms. The fraction of sp³-hybridized carbons (Fsp3) is 0.929. The van der Waals surface area contributed by atoms with Crippen molar-refractivity contribution in [3.63, 3.8) is 0 Å². The summed E-state index contributed by atoms with van der Waals surface area (Å²) in [6, 6.07) is 0.296. The molecule has 5 nitrogen and oxygen atoms in total. The summed E-state index contributed by atoms with van der Waals surface area (Å²) in [4.78, 5) is 6.32. The van der Waals surface area contributed by atoms with Gasteiger partial charge in [-0.3, -0.25) is 9.89 Å². The molecule has 8 heteroatoms. The molecule has 1 atom stereocenters. The van der Waals surface area contributed by atoms with Crippen molar-refractivity contribution in [2.24, 2.45) is 10.9 Å². The minimum absolute atomic E-state index is 0.174. The second-order valence-corrected chi connectivity index (χ2v) is 5.70. The van der Waals surface area contributed by atoms with Crippen molar-refractivity contribution in [1.82, 2.24) is 15.5 Å². The van der Waals surface area contributed by atoms with Crippen LogP contribution in [0.2, 0.25) is 0 Å². The molecule has 1 heterocycles. The highest BCUT2D eigenvalue weighted by molar-refractivity contribution is 5.79. The molecule has 0 radical (unpaired) electrons. The van der Waals surface area contributed by atoms with E-state index in [1.165, 1.54) is 0 Å². The number of guanidine groups is 1. The summed E-state index contributed by atoms with van der Waals surface area (Å²) < 4.78 is 41.8. The maximum absolute atomic E-state index is 12.2. The lowest BCUT2D eigenvalue weighted by molar-refractivity contribution is -0.132. The van der Waals surface area contributed by atoms with Crippen LogP contribution in [0.5, 0.6) is 0 Å². The van der Waals surface area contributed by atoms with E-state index in [4.69, 9.17) is 4.74 Å². The number of aliphatic imine (C=N–C) groups is 1. The van der Waals surface area contributed by atoms with Gasteiger partial charge in [-0.25, -0.2) is 0 Å².